The molecule has 41 heavy (non-hydrogen) atoms. The van der Waals surface area contributed by atoms with E-state index in [1.165, 1.54) is 59.5 Å². The first-order chi connectivity index (χ1) is 19.7. The topological polar surface area (TPSA) is 109 Å². The normalized spacial score (nSPS) is 11.6. The van der Waals surface area contributed by atoms with E-state index in [2.05, 4.69) is 15.1 Å². The fraction of sp³-hybridized carbons (Fsp3) is 0.133. The molecule has 2 N–H and O–H groups in total. The van der Waals surface area contributed by atoms with Crippen LogP contribution in [0, 0.1) is 17.5 Å². The van der Waals surface area contributed by atoms with Crippen LogP contribution in [-0.2, 0) is 6.54 Å². The maximum absolute atomic E-state index is 14.9. The second-order valence-electron chi connectivity index (χ2n) is 9.62. The molecule has 0 bridgehead atoms. The van der Waals surface area contributed by atoms with Crippen LogP contribution in [0.4, 0.5) is 19.0 Å². The van der Waals surface area contributed by atoms with E-state index in [0.29, 0.717) is 27.9 Å². The van der Waals surface area contributed by atoms with Crippen molar-refractivity contribution < 1.29 is 22.3 Å². The zero-order chi connectivity index (χ0) is 28.8. The third-order valence-electron chi connectivity index (χ3n) is 6.49. The molecule has 0 aliphatic rings. The summed E-state index contributed by atoms with van der Waals surface area (Å²) in [6.45, 7) is 3.44. The molecule has 0 atom stereocenters. The molecule has 0 aliphatic carbocycles. The summed E-state index contributed by atoms with van der Waals surface area (Å²) in [5.41, 5.74) is 6.97. The van der Waals surface area contributed by atoms with Crippen LogP contribution < -0.4 is 15.9 Å². The fourth-order valence-corrected chi connectivity index (χ4v) is 4.74. The Labute approximate surface area is 230 Å². The van der Waals surface area contributed by atoms with E-state index in [1.54, 1.807) is 19.9 Å². The summed E-state index contributed by atoms with van der Waals surface area (Å²) >= 11 is 0. The zero-order valence-corrected chi connectivity index (χ0v) is 21.9. The number of halogens is 3. The van der Waals surface area contributed by atoms with Crippen molar-refractivity contribution in [3.63, 3.8) is 0 Å². The van der Waals surface area contributed by atoms with Crippen molar-refractivity contribution in [2.45, 2.75) is 26.5 Å². The van der Waals surface area contributed by atoms with Crippen molar-refractivity contribution in [3.8, 4) is 28.1 Å². The second kappa shape index (κ2) is 10.1. The molecule has 0 fully saturated rings. The highest BCUT2D eigenvalue weighted by molar-refractivity contribution is 5.98. The summed E-state index contributed by atoms with van der Waals surface area (Å²) in [5, 5.41) is 4.79. The van der Waals surface area contributed by atoms with E-state index in [-0.39, 0.29) is 46.5 Å². The van der Waals surface area contributed by atoms with E-state index in [1.807, 2.05) is 0 Å². The zero-order valence-electron chi connectivity index (χ0n) is 21.9. The molecule has 0 saturated carbocycles. The Morgan fingerprint density at radius 3 is 2.44 bits per heavy atom. The largest absolute Gasteiger partial charge is 0.488 e. The van der Waals surface area contributed by atoms with Crippen LogP contribution in [0.3, 0.4) is 0 Å². The molecule has 3 heterocycles. The van der Waals surface area contributed by atoms with Crippen LogP contribution in [0.2, 0.25) is 0 Å². The number of benzene rings is 3. The number of ether oxygens (including phenoxy) is 1. The monoisotopic (exact) mass is 557 g/mol. The number of hydrogen-bond donors (Lipinski definition) is 1. The average Bonchev–Trinajstić information content (AvgIpc) is 3.30. The van der Waals surface area contributed by atoms with Gasteiger partial charge in [0.1, 0.15) is 52.7 Å². The number of rotatable bonds is 6. The Balaban J connectivity index is 1.55. The minimum Gasteiger partial charge on any atom is -0.488 e. The second-order valence-corrected chi connectivity index (χ2v) is 9.62. The SMILES string of the molecule is CC(C)Oc1ccc(-c2nn(Cc3oc4cccc(F)c4c(=O)c3-c3ccc(F)cc3)c3ncnc(N)c23)cc1F. The first-order valence-corrected chi connectivity index (χ1v) is 12.6. The van der Waals surface area contributed by atoms with Gasteiger partial charge in [-0.1, -0.05) is 18.2 Å². The minimum atomic E-state index is -0.745. The Kier molecular flexibility index (Phi) is 6.41. The van der Waals surface area contributed by atoms with Crippen LogP contribution in [0.15, 0.2) is 76.2 Å². The summed E-state index contributed by atoms with van der Waals surface area (Å²) in [5.74, 6) is -1.51. The van der Waals surface area contributed by atoms with E-state index in [9.17, 15) is 18.0 Å². The van der Waals surface area contributed by atoms with E-state index in [0.717, 1.165) is 6.07 Å². The van der Waals surface area contributed by atoms with E-state index >= 15 is 0 Å². The standard InChI is InChI=1S/C30H22F3N5O3/c1-15(2)40-21-11-8-17(12-20(21)33)27-26-29(34)35-14-36-30(26)38(37-27)13-23-24(16-6-9-18(31)10-7-16)28(39)25-19(32)4-3-5-22(25)41-23/h3-12,14-15H,13H2,1-2H3,(H2,34,35,36). The van der Waals surface area contributed by atoms with Crippen LogP contribution in [0.5, 0.6) is 5.75 Å². The number of fused-ring (bicyclic) bond motifs is 2. The molecule has 6 aromatic rings. The highest BCUT2D eigenvalue weighted by atomic mass is 19.1. The van der Waals surface area contributed by atoms with Crippen molar-refractivity contribution in [2.75, 3.05) is 5.73 Å². The molecule has 0 spiro atoms. The Hall–Kier alpha value is -5.19. The maximum Gasteiger partial charge on any atom is 0.203 e. The van der Waals surface area contributed by atoms with Crippen LogP contribution in [0.25, 0.3) is 44.4 Å². The van der Waals surface area contributed by atoms with Gasteiger partial charge in [0.25, 0.3) is 0 Å². The highest BCUT2D eigenvalue weighted by Crippen LogP contribution is 2.34. The number of hydrogen-bond acceptors (Lipinski definition) is 7. The van der Waals surface area contributed by atoms with E-state index in [4.69, 9.17) is 14.9 Å². The van der Waals surface area contributed by atoms with Crippen molar-refractivity contribution >= 4 is 27.8 Å². The van der Waals surface area contributed by atoms with Gasteiger partial charge in [0.2, 0.25) is 5.43 Å². The van der Waals surface area contributed by atoms with Gasteiger partial charge in [-0.2, -0.15) is 5.10 Å². The molecule has 6 rings (SSSR count). The summed E-state index contributed by atoms with van der Waals surface area (Å²) < 4.78 is 56.4. The van der Waals surface area contributed by atoms with Crippen molar-refractivity contribution in [3.05, 3.63) is 100 Å². The molecule has 0 radical (unpaired) electrons. The van der Waals surface area contributed by atoms with Crippen molar-refractivity contribution in [1.82, 2.24) is 19.7 Å². The van der Waals surface area contributed by atoms with Gasteiger partial charge in [0, 0.05) is 5.56 Å². The van der Waals surface area contributed by atoms with Crippen LogP contribution in [-0.4, -0.2) is 25.9 Å². The Bertz CT molecular complexity index is 2000. The van der Waals surface area contributed by atoms with Crippen LogP contribution in [0.1, 0.15) is 19.6 Å². The Morgan fingerprint density at radius 1 is 0.951 bits per heavy atom. The molecule has 8 nitrogen and oxygen atoms in total. The lowest BCUT2D eigenvalue weighted by Crippen LogP contribution is -2.14. The summed E-state index contributed by atoms with van der Waals surface area (Å²) in [4.78, 5) is 22.0. The highest BCUT2D eigenvalue weighted by Gasteiger charge is 2.23. The lowest BCUT2D eigenvalue weighted by atomic mass is 10.0. The predicted molar refractivity (Wildman–Crippen MR) is 148 cm³/mol. The number of anilines is 1. The van der Waals surface area contributed by atoms with Gasteiger partial charge in [-0.25, -0.2) is 27.8 Å². The first-order valence-electron chi connectivity index (χ1n) is 12.6. The van der Waals surface area contributed by atoms with E-state index < -0.39 is 22.9 Å². The fourth-order valence-electron chi connectivity index (χ4n) is 4.74. The van der Waals surface area contributed by atoms with Gasteiger partial charge in [-0.05, 0) is 61.9 Å². The lowest BCUT2D eigenvalue weighted by molar-refractivity contribution is 0.231. The van der Waals surface area contributed by atoms with Gasteiger partial charge >= 0.3 is 0 Å². The van der Waals surface area contributed by atoms with Crippen molar-refractivity contribution in [2.24, 2.45) is 0 Å². The van der Waals surface area contributed by atoms with Gasteiger partial charge in [-0.15, -0.1) is 0 Å². The predicted octanol–water partition coefficient (Wildman–Crippen LogP) is 6.10. The molecular weight excluding hydrogens is 535 g/mol. The third kappa shape index (κ3) is 4.65. The molecule has 3 aromatic heterocycles. The average molecular weight is 558 g/mol. The molecular formula is C30H22F3N5O3. The smallest absolute Gasteiger partial charge is 0.203 e. The summed E-state index contributed by atoms with van der Waals surface area (Å²) in [6.07, 6.45) is 1.03. The van der Waals surface area contributed by atoms with Gasteiger partial charge < -0.3 is 14.9 Å². The first kappa shape index (κ1) is 26.1. The molecule has 206 valence electrons. The van der Waals surface area contributed by atoms with Crippen LogP contribution >= 0.6 is 0 Å². The number of nitrogens with two attached hydrogens (primary N) is 1. The molecule has 11 heteroatoms. The summed E-state index contributed by atoms with van der Waals surface area (Å²) in [7, 11) is 0. The lowest BCUT2D eigenvalue weighted by Gasteiger charge is -2.11. The maximum atomic E-state index is 14.9. The Morgan fingerprint density at radius 2 is 1.71 bits per heavy atom. The molecule has 0 unspecified atom stereocenters. The minimum absolute atomic E-state index is 0.0319. The molecule has 0 saturated heterocycles. The molecule has 0 amide bonds. The number of nitrogens with zero attached hydrogens (tertiary/aromatic N) is 4. The summed E-state index contributed by atoms with van der Waals surface area (Å²) in [6, 6.07) is 13.7. The molecule has 3 aromatic carbocycles. The van der Waals surface area contributed by atoms with Gasteiger partial charge in [0.05, 0.1) is 17.1 Å². The van der Waals surface area contributed by atoms with Gasteiger partial charge in [0.15, 0.2) is 17.2 Å². The number of aromatic nitrogens is 4. The third-order valence-corrected chi connectivity index (χ3v) is 6.49. The molecule has 0 aliphatic heterocycles. The van der Waals surface area contributed by atoms with Gasteiger partial charge in [-0.3, -0.25) is 4.79 Å². The number of nitrogen functional groups attached to an aromatic ring is 1. The quantitative estimate of drug-likeness (QED) is 0.264. The van der Waals surface area contributed by atoms with Crippen molar-refractivity contribution in [1.29, 1.82) is 0 Å².